The summed E-state index contributed by atoms with van der Waals surface area (Å²) in [6, 6.07) is 5.38. The normalized spacial score (nSPS) is 10.4. The molecule has 0 aliphatic carbocycles. The molecule has 0 aromatic heterocycles. The highest BCUT2D eigenvalue weighted by molar-refractivity contribution is 5.94. The van der Waals surface area contributed by atoms with Crippen molar-refractivity contribution in [2.24, 2.45) is 0 Å². The lowest BCUT2D eigenvalue weighted by Crippen LogP contribution is -2.34. The van der Waals surface area contributed by atoms with Gasteiger partial charge in [0.05, 0.1) is 6.42 Å². The van der Waals surface area contributed by atoms with Crippen molar-refractivity contribution in [1.82, 2.24) is 4.90 Å². The summed E-state index contributed by atoms with van der Waals surface area (Å²) in [4.78, 5) is 24.4. The molecule has 0 saturated carbocycles. The Bertz CT molecular complexity index is 478. The van der Waals surface area contributed by atoms with Gasteiger partial charge >= 0.3 is 5.97 Å². The van der Waals surface area contributed by atoms with Gasteiger partial charge in [0, 0.05) is 31.9 Å². The van der Waals surface area contributed by atoms with Gasteiger partial charge < -0.3 is 14.7 Å². The first-order chi connectivity index (χ1) is 10.0. The summed E-state index contributed by atoms with van der Waals surface area (Å²) in [5.41, 5.74) is 0.219. The van der Waals surface area contributed by atoms with Crippen molar-refractivity contribution in [3.05, 3.63) is 35.6 Å². The van der Waals surface area contributed by atoms with Crippen LogP contribution >= 0.6 is 0 Å². The van der Waals surface area contributed by atoms with Gasteiger partial charge in [0.2, 0.25) is 0 Å². The van der Waals surface area contributed by atoms with Crippen molar-refractivity contribution in [1.29, 1.82) is 0 Å². The molecular weight excluding hydrogens is 277 g/mol. The van der Waals surface area contributed by atoms with Crippen molar-refractivity contribution in [3.63, 3.8) is 0 Å². The summed E-state index contributed by atoms with van der Waals surface area (Å²) in [6.07, 6.45) is 0.463. The van der Waals surface area contributed by atoms with Crippen LogP contribution in [0.25, 0.3) is 0 Å². The number of carboxylic acid groups (broad SMARTS) is 1. The number of carbonyl (C=O) groups is 2. The number of hydrogen-bond acceptors (Lipinski definition) is 3. The van der Waals surface area contributed by atoms with E-state index >= 15 is 0 Å². The van der Waals surface area contributed by atoms with Crippen molar-refractivity contribution < 1.29 is 23.8 Å². The molecule has 6 heteroatoms. The molecule has 0 aliphatic rings. The molecule has 0 aliphatic heterocycles. The number of ether oxygens (including phenoxy) is 1. The maximum atomic E-state index is 13.2. The summed E-state index contributed by atoms with van der Waals surface area (Å²) in [5.74, 6) is -1.84. The van der Waals surface area contributed by atoms with E-state index in [0.29, 0.717) is 26.2 Å². The second-order valence-corrected chi connectivity index (χ2v) is 4.50. The summed E-state index contributed by atoms with van der Waals surface area (Å²) >= 11 is 0. The zero-order valence-corrected chi connectivity index (χ0v) is 12.0. The Morgan fingerprint density at radius 3 is 2.71 bits per heavy atom. The average molecular weight is 297 g/mol. The molecule has 21 heavy (non-hydrogen) atoms. The van der Waals surface area contributed by atoms with Crippen molar-refractivity contribution in [2.45, 2.75) is 19.8 Å². The van der Waals surface area contributed by atoms with E-state index in [1.165, 1.54) is 23.1 Å². The smallest absolute Gasteiger partial charge is 0.305 e. The monoisotopic (exact) mass is 297 g/mol. The minimum Gasteiger partial charge on any atom is -0.481 e. The van der Waals surface area contributed by atoms with Crippen LogP contribution in [0.3, 0.4) is 0 Å². The van der Waals surface area contributed by atoms with Gasteiger partial charge in [-0.2, -0.15) is 0 Å². The van der Waals surface area contributed by atoms with Gasteiger partial charge in [0.1, 0.15) is 5.82 Å². The third-order valence-electron chi connectivity index (χ3n) is 2.88. The first kappa shape index (κ1) is 17.1. The van der Waals surface area contributed by atoms with Crippen LogP contribution in [0.4, 0.5) is 4.39 Å². The molecule has 0 fully saturated rings. The lowest BCUT2D eigenvalue weighted by atomic mass is 10.2. The summed E-state index contributed by atoms with van der Waals surface area (Å²) < 4.78 is 18.4. The van der Waals surface area contributed by atoms with Crippen molar-refractivity contribution in [3.8, 4) is 0 Å². The maximum absolute atomic E-state index is 13.2. The second kappa shape index (κ2) is 9.07. The topological polar surface area (TPSA) is 66.8 Å². The Hall–Kier alpha value is -1.95. The Kier molecular flexibility index (Phi) is 7.39. The van der Waals surface area contributed by atoms with Gasteiger partial charge in [-0.25, -0.2) is 4.39 Å². The first-order valence-electron chi connectivity index (χ1n) is 6.89. The van der Waals surface area contributed by atoms with Gasteiger partial charge in [0.15, 0.2) is 0 Å². The number of halogens is 1. The third kappa shape index (κ3) is 6.35. The molecule has 0 heterocycles. The number of amides is 1. The van der Waals surface area contributed by atoms with Gasteiger partial charge in [-0.3, -0.25) is 9.59 Å². The van der Waals surface area contributed by atoms with E-state index in [4.69, 9.17) is 9.84 Å². The standard InChI is InChI=1S/C15H20FNO4/c1-2-21-10-4-8-17(9-7-14(18)19)15(20)12-5-3-6-13(16)11-12/h3,5-6,11H,2,4,7-10H2,1H3,(H,18,19). The number of carbonyl (C=O) groups excluding carboxylic acids is 1. The molecule has 0 bridgehead atoms. The van der Waals surface area contributed by atoms with Gasteiger partial charge in [0.25, 0.3) is 5.91 Å². The fourth-order valence-corrected chi connectivity index (χ4v) is 1.85. The van der Waals surface area contributed by atoms with Crippen molar-refractivity contribution >= 4 is 11.9 Å². The summed E-state index contributed by atoms with van der Waals surface area (Å²) in [7, 11) is 0. The Morgan fingerprint density at radius 1 is 1.33 bits per heavy atom. The van der Waals surface area contributed by atoms with Crippen LogP contribution in [0.1, 0.15) is 30.1 Å². The van der Waals surface area contributed by atoms with Gasteiger partial charge in [-0.1, -0.05) is 6.07 Å². The molecule has 0 unspecified atom stereocenters. The molecule has 0 atom stereocenters. The molecule has 1 aromatic rings. The van der Waals surface area contributed by atoms with Gasteiger partial charge in [-0.15, -0.1) is 0 Å². The van der Waals surface area contributed by atoms with E-state index in [0.717, 1.165) is 6.07 Å². The molecule has 0 radical (unpaired) electrons. The van der Waals surface area contributed by atoms with E-state index in [1.807, 2.05) is 6.92 Å². The van der Waals surface area contributed by atoms with E-state index in [1.54, 1.807) is 0 Å². The third-order valence-corrected chi connectivity index (χ3v) is 2.88. The number of rotatable bonds is 9. The van der Waals surface area contributed by atoms with Crippen LogP contribution in [0.15, 0.2) is 24.3 Å². The highest BCUT2D eigenvalue weighted by Crippen LogP contribution is 2.09. The van der Waals surface area contributed by atoms with Crippen LogP contribution in [-0.4, -0.2) is 48.2 Å². The van der Waals surface area contributed by atoms with Gasteiger partial charge in [-0.05, 0) is 31.5 Å². The molecule has 0 spiro atoms. The first-order valence-corrected chi connectivity index (χ1v) is 6.89. The van der Waals surface area contributed by atoms with Crippen LogP contribution < -0.4 is 0 Å². The lowest BCUT2D eigenvalue weighted by Gasteiger charge is -2.22. The van der Waals surface area contributed by atoms with Crippen LogP contribution in [-0.2, 0) is 9.53 Å². The van der Waals surface area contributed by atoms with Crippen molar-refractivity contribution in [2.75, 3.05) is 26.3 Å². The summed E-state index contributed by atoms with van der Waals surface area (Å²) in [6.45, 7) is 3.43. The number of benzene rings is 1. The highest BCUT2D eigenvalue weighted by Gasteiger charge is 2.17. The molecule has 5 nitrogen and oxygen atoms in total. The van der Waals surface area contributed by atoms with E-state index in [9.17, 15) is 14.0 Å². The second-order valence-electron chi connectivity index (χ2n) is 4.50. The molecular formula is C15H20FNO4. The number of carboxylic acids is 1. The number of nitrogens with zero attached hydrogens (tertiary/aromatic N) is 1. The van der Waals surface area contributed by atoms with E-state index in [-0.39, 0.29) is 24.4 Å². The predicted octanol–water partition coefficient (Wildman–Crippen LogP) is 2.17. The fraction of sp³-hybridized carbons (Fsp3) is 0.467. The van der Waals surface area contributed by atoms with Crippen LogP contribution in [0.2, 0.25) is 0 Å². The largest absolute Gasteiger partial charge is 0.481 e. The lowest BCUT2D eigenvalue weighted by molar-refractivity contribution is -0.137. The number of aliphatic carboxylic acids is 1. The molecule has 1 amide bonds. The fourth-order valence-electron chi connectivity index (χ4n) is 1.85. The molecule has 1 N–H and O–H groups in total. The maximum Gasteiger partial charge on any atom is 0.305 e. The highest BCUT2D eigenvalue weighted by atomic mass is 19.1. The molecule has 116 valence electrons. The minimum atomic E-state index is -0.975. The quantitative estimate of drug-likeness (QED) is 0.709. The predicted molar refractivity (Wildman–Crippen MR) is 75.7 cm³/mol. The Morgan fingerprint density at radius 2 is 2.10 bits per heavy atom. The molecule has 1 rings (SSSR count). The number of hydrogen-bond donors (Lipinski definition) is 1. The Balaban J connectivity index is 2.69. The van der Waals surface area contributed by atoms with E-state index in [2.05, 4.69) is 0 Å². The molecule has 1 aromatic carbocycles. The SMILES string of the molecule is CCOCCCN(CCC(=O)O)C(=O)c1cccc(F)c1. The van der Waals surface area contributed by atoms with E-state index < -0.39 is 11.8 Å². The summed E-state index contributed by atoms with van der Waals surface area (Å²) in [5, 5.41) is 8.75. The molecule has 0 saturated heterocycles. The average Bonchev–Trinajstić information content (AvgIpc) is 2.45. The van der Waals surface area contributed by atoms with Crippen LogP contribution in [0.5, 0.6) is 0 Å². The zero-order chi connectivity index (χ0) is 15.7. The van der Waals surface area contributed by atoms with Crippen LogP contribution in [0, 0.1) is 5.82 Å². The minimum absolute atomic E-state index is 0.0941. The Labute approximate surface area is 123 Å². The zero-order valence-electron chi connectivity index (χ0n) is 12.0.